The topological polar surface area (TPSA) is 126 Å². The van der Waals surface area contributed by atoms with Gasteiger partial charge in [0, 0.05) is 24.5 Å². The Bertz CT molecular complexity index is 1030. The number of fused-ring (bicyclic) bond motifs is 1. The Morgan fingerprint density at radius 2 is 1.89 bits per heavy atom. The van der Waals surface area contributed by atoms with Crippen molar-refractivity contribution in [3.05, 3.63) is 59.4 Å². The number of carbonyl (C=O) groups excluding carboxylic acids is 5. The zero-order chi connectivity index (χ0) is 19.8. The van der Waals surface area contributed by atoms with Crippen LogP contribution in [-0.2, 0) is 9.59 Å². The normalized spacial score (nSPS) is 18.7. The molecule has 1 aromatic carbocycles. The van der Waals surface area contributed by atoms with E-state index in [-0.39, 0.29) is 24.0 Å². The molecule has 140 valence electrons. The van der Waals surface area contributed by atoms with Crippen molar-refractivity contribution >= 4 is 35.2 Å². The van der Waals surface area contributed by atoms with Gasteiger partial charge in [-0.05, 0) is 36.8 Å². The number of nitrogens with one attached hydrogen (secondary N) is 2. The van der Waals surface area contributed by atoms with Crippen molar-refractivity contribution < 1.29 is 24.0 Å². The summed E-state index contributed by atoms with van der Waals surface area (Å²) in [6, 6.07) is 6.52. The van der Waals surface area contributed by atoms with E-state index in [2.05, 4.69) is 15.6 Å². The molecule has 0 aliphatic carbocycles. The summed E-state index contributed by atoms with van der Waals surface area (Å²) in [5, 5.41) is 4.79. The quantitative estimate of drug-likeness (QED) is 0.759. The molecule has 4 rings (SSSR count). The van der Waals surface area contributed by atoms with Gasteiger partial charge in [0.15, 0.2) is 0 Å². The Hall–Kier alpha value is -3.88. The summed E-state index contributed by atoms with van der Waals surface area (Å²) < 4.78 is 0. The van der Waals surface area contributed by atoms with E-state index in [0.717, 1.165) is 4.90 Å². The van der Waals surface area contributed by atoms with Crippen molar-refractivity contribution in [2.45, 2.75) is 18.9 Å². The van der Waals surface area contributed by atoms with Gasteiger partial charge in [0.1, 0.15) is 6.04 Å². The number of rotatable bonds is 3. The Morgan fingerprint density at radius 3 is 2.61 bits per heavy atom. The van der Waals surface area contributed by atoms with Crippen LogP contribution in [0, 0.1) is 0 Å². The van der Waals surface area contributed by atoms with Crippen LogP contribution in [0.4, 0.5) is 5.69 Å². The first-order valence-electron chi connectivity index (χ1n) is 8.52. The van der Waals surface area contributed by atoms with Gasteiger partial charge in [-0.15, -0.1) is 0 Å². The standard InChI is InChI=1S/C19H14N4O5/c24-15-6-5-14(17(26)22-15)23-18(27)12-4-3-11(8-13(12)19(23)28)21-16(25)10-2-1-7-20-9-10/h1-4,7-9,14H,5-6H2,(H,21,25)(H,22,24,26). The van der Waals surface area contributed by atoms with Gasteiger partial charge in [0.05, 0.1) is 16.7 Å². The molecule has 1 unspecified atom stereocenters. The lowest BCUT2D eigenvalue weighted by Gasteiger charge is -2.27. The van der Waals surface area contributed by atoms with Crippen LogP contribution in [0.5, 0.6) is 0 Å². The van der Waals surface area contributed by atoms with Crippen molar-refractivity contribution in [3.8, 4) is 0 Å². The summed E-state index contributed by atoms with van der Waals surface area (Å²) in [6.07, 6.45) is 3.08. The number of anilines is 1. The van der Waals surface area contributed by atoms with Gasteiger partial charge < -0.3 is 5.32 Å². The third-order valence-corrected chi connectivity index (χ3v) is 4.62. The summed E-state index contributed by atoms with van der Waals surface area (Å²) >= 11 is 0. The number of piperidine rings is 1. The first kappa shape index (κ1) is 17.5. The van der Waals surface area contributed by atoms with E-state index >= 15 is 0 Å². The van der Waals surface area contributed by atoms with E-state index in [1.54, 1.807) is 18.3 Å². The number of pyridine rings is 1. The maximum atomic E-state index is 12.8. The van der Waals surface area contributed by atoms with Gasteiger partial charge in [0.25, 0.3) is 17.7 Å². The van der Waals surface area contributed by atoms with Crippen LogP contribution in [0.3, 0.4) is 0 Å². The zero-order valence-electron chi connectivity index (χ0n) is 14.5. The van der Waals surface area contributed by atoms with Gasteiger partial charge in [-0.1, -0.05) is 0 Å². The summed E-state index contributed by atoms with van der Waals surface area (Å²) in [7, 11) is 0. The number of hydrogen-bond donors (Lipinski definition) is 2. The number of nitrogens with zero attached hydrogens (tertiary/aromatic N) is 2. The highest BCUT2D eigenvalue weighted by molar-refractivity contribution is 6.24. The van der Waals surface area contributed by atoms with Crippen molar-refractivity contribution in [2.24, 2.45) is 0 Å². The molecular formula is C19H14N4O5. The van der Waals surface area contributed by atoms with Crippen LogP contribution in [0.1, 0.15) is 43.9 Å². The van der Waals surface area contributed by atoms with E-state index in [1.807, 2.05) is 0 Å². The maximum absolute atomic E-state index is 12.8. The smallest absolute Gasteiger partial charge is 0.262 e. The maximum Gasteiger partial charge on any atom is 0.262 e. The molecule has 2 aliphatic heterocycles. The second-order valence-corrected chi connectivity index (χ2v) is 6.40. The average molecular weight is 378 g/mol. The van der Waals surface area contributed by atoms with Crippen molar-refractivity contribution in [2.75, 3.05) is 5.32 Å². The van der Waals surface area contributed by atoms with E-state index in [0.29, 0.717) is 11.3 Å². The zero-order valence-corrected chi connectivity index (χ0v) is 14.5. The highest BCUT2D eigenvalue weighted by atomic mass is 16.2. The van der Waals surface area contributed by atoms with Crippen molar-refractivity contribution in [1.29, 1.82) is 0 Å². The third-order valence-electron chi connectivity index (χ3n) is 4.62. The molecule has 0 saturated carbocycles. The first-order chi connectivity index (χ1) is 13.5. The van der Waals surface area contributed by atoms with Crippen molar-refractivity contribution in [1.82, 2.24) is 15.2 Å². The Morgan fingerprint density at radius 1 is 1.11 bits per heavy atom. The lowest BCUT2D eigenvalue weighted by atomic mass is 10.0. The molecular weight excluding hydrogens is 364 g/mol. The van der Waals surface area contributed by atoms with Crippen molar-refractivity contribution in [3.63, 3.8) is 0 Å². The molecule has 1 fully saturated rings. The molecule has 1 aromatic heterocycles. The second kappa shape index (κ2) is 6.69. The van der Waals surface area contributed by atoms with Gasteiger partial charge in [-0.25, -0.2) is 0 Å². The summed E-state index contributed by atoms with van der Waals surface area (Å²) in [6.45, 7) is 0. The lowest BCUT2D eigenvalue weighted by Crippen LogP contribution is -2.54. The van der Waals surface area contributed by atoms with Gasteiger partial charge in [0.2, 0.25) is 11.8 Å². The molecule has 2 N–H and O–H groups in total. The van der Waals surface area contributed by atoms with Crippen LogP contribution in [0.2, 0.25) is 0 Å². The van der Waals surface area contributed by atoms with E-state index in [1.165, 1.54) is 24.4 Å². The number of aromatic nitrogens is 1. The van der Waals surface area contributed by atoms with E-state index in [4.69, 9.17) is 0 Å². The number of carbonyl (C=O) groups is 5. The van der Waals surface area contributed by atoms with Crippen LogP contribution in [0.25, 0.3) is 0 Å². The number of benzene rings is 1. The number of hydrogen-bond acceptors (Lipinski definition) is 6. The summed E-state index contributed by atoms with van der Waals surface area (Å²) in [4.78, 5) is 65.8. The first-order valence-corrected chi connectivity index (χ1v) is 8.52. The molecule has 2 aliphatic rings. The minimum Gasteiger partial charge on any atom is -0.322 e. The Labute approximate surface area is 158 Å². The third kappa shape index (κ3) is 2.92. The summed E-state index contributed by atoms with van der Waals surface area (Å²) in [5.41, 5.74) is 0.919. The lowest BCUT2D eigenvalue weighted by molar-refractivity contribution is -0.136. The van der Waals surface area contributed by atoms with Gasteiger partial charge in [-0.3, -0.25) is 39.2 Å². The molecule has 0 bridgehead atoms. The largest absolute Gasteiger partial charge is 0.322 e. The molecule has 5 amide bonds. The van der Waals surface area contributed by atoms with E-state index in [9.17, 15) is 24.0 Å². The Balaban J connectivity index is 1.58. The minimum absolute atomic E-state index is 0.0518. The number of amides is 5. The highest BCUT2D eigenvalue weighted by Gasteiger charge is 2.44. The van der Waals surface area contributed by atoms with Gasteiger partial charge in [-0.2, -0.15) is 0 Å². The predicted molar refractivity (Wildman–Crippen MR) is 95.3 cm³/mol. The molecule has 9 heteroatoms. The monoisotopic (exact) mass is 378 g/mol. The second-order valence-electron chi connectivity index (χ2n) is 6.40. The fourth-order valence-electron chi connectivity index (χ4n) is 3.25. The molecule has 9 nitrogen and oxygen atoms in total. The summed E-state index contributed by atoms with van der Waals surface area (Å²) in [5.74, 6) is -2.74. The molecule has 2 aromatic rings. The van der Waals surface area contributed by atoms with Crippen LogP contribution in [-0.4, -0.2) is 45.5 Å². The molecule has 1 atom stereocenters. The Kier molecular flexibility index (Phi) is 4.19. The van der Waals surface area contributed by atoms with Gasteiger partial charge >= 0.3 is 0 Å². The molecule has 0 radical (unpaired) electrons. The predicted octanol–water partition coefficient (Wildman–Crippen LogP) is 0.735. The van der Waals surface area contributed by atoms with Crippen LogP contribution in [0.15, 0.2) is 42.7 Å². The van der Waals surface area contributed by atoms with E-state index < -0.39 is 35.6 Å². The minimum atomic E-state index is -1.03. The van der Waals surface area contributed by atoms with Crippen LogP contribution >= 0.6 is 0 Å². The molecule has 3 heterocycles. The van der Waals surface area contributed by atoms with Crippen LogP contribution < -0.4 is 10.6 Å². The molecule has 1 saturated heterocycles. The molecule has 28 heavy (non-hydrogen) atoms. The fraction of sp³-hybridized carbons (Fsp3) is 0.158. The molecule has 0 spiro atoms. The fourth-order valence-corrected chi connectivity index (χ4v) is 3.25. The number of imide groups is 2. The SMILES string of the molecule is O=C1CCC(N2C(=O)c3ccc(NC(=O)c4cccnc4)cc3C2=O)C(=O)N1. The average Bonchev–Trinajstić information content (AvgIpc) is 2.93. The highest BCUT2D eigenvalue weighted by Crippen LogP contribution is 2.29.